The fourth-order valence-electron chi connectivity index (χ4n) is 3.38. The van der Waals surface area contributed by atoms with Gasteiger partial charge < -0.3 is 20.3 Å². The van der Waals surface area contributed by atoms with Crippen LogP contribution in [-0.2, 0) is 13.0 Å². The van der Waals surface area contributed by atoms with Gasteiger partial charge in [0.2, 0.25) is 0 Å². The zero-order chi connectivity index (χ0) is 21.0. The van der Waals surface area contributed by atoms with Crippen LogP contribution in [0.1, 0.15) is 47.3 Å². The van der Waals surface area contributed by atoms with Crippen molar-refractivity contribution in [3.63, 3.8) is 0 Å². The Balaban J connectivity index is 1.67. The first-order valence-corrected chi connectivity index (χ1v) is 10.0. The van der Waals surface area contributed by atoms with E-state index in [4.69, 9.17) is 4.74 Å². The average Bonchev–Trinajstić information content (AvgIpc) is 2.73. The van der Waals surface area contributed by atoms with Crippen molar-refractivity contribution in [1.82, 2.24) is 10.2 Å². The number of methoxy groups -OCH3 is 1. The van der Waals surface area contributed by atoms with Crippen LogP contribution in [0.15, 0.2) is 36.4 Å². The van der Waals surface area contributed by atoms with Crippen LogP contribution < -0.4 is 15.4 Å². The standard InChI is InChI=1S/C23H29N3O3/c1-5-16(3)24-22(27)18-7-9-21(15(2)12-18)25-23(28)26-11-10-17-6-8-20(29-4)13-19(17)14-26/h6-9,12-13,16H,5,10-11,14H2,1-4H3,(H,24,27)(H,25,28). The van der Waals surface area contributed by atoms with E-state index in [0.29, 0.717) is 24.3 Å². The molecule has 6 heteroatoms. The second-order valence-corrected chi connectivity index (χ2v) is 7.55. The molecule has 0 fully saturated rings. The van der Waals surface area contributed by atoms with Gasteiger partial charge in [-0.2, -0.15) is 0 Å². The van der Waals surface area contributed by atoms with Gasteiger partial charge in [-0.05, 0) is 73.7 Å². The molecule has 3 rings (SSSR count). The normalized spacial score (nSPS) is 14.0. The summed E-state index contributed by atoms with van der Waals surface area (Å²) in [6.45, 7) is 7.12. The zero-order valence-corrected chi connectivity index (χ0v) is 17.5. The molecule has 29 heavy (non-hydrogen) atoms. The van der Waals surface area contributed by atoms with Crippen molar-refractivity contribution < 1.29 is 14.3 Å². The average molecular weight is 396 g/mol. The van der Waals surface area contributed by atoms with Crippen LogP contribution >= 0.6 is 0 Å². The highest BCUT2D eigenvalue weighted by atomic mass is 16.5. The summed E-state index contributed by atoms with van der Waals surface area (Å²) in [5.41, 5.74) is 4.53. The molecule has 2 N–H and O–H groups in total. The molecule has 0 aliphatic carbocycles. The number of rotatable bonds is 5. The van der Waals surface area contributed by atoms with Gasteiger partial charge in [0.05, 0.1) is 7.11 Å². The number of carbonyl (C=O) groups excluding carboxylic acids is 2. The third-order valence-electron chi connectivity index (χ3n) is 5.43. The predicted molar refractivity (Wildman–Crippen MR) is 115 cm³/mol. The van der Waals surface area contributed by atoms with Crippen molar-refractivity contribution in [2.45, 2.75) is 46.2 Å². The molecule has 1 aliphatic heterocycles. The number of ether oxygens (including phenoxy) is 1. The first kappa shape index (κ1) is 20.7. The highest BCUT2D eigenvalue weighted by Crippen LogP contribution is 2.25. The van der Waals surface area contributed by atoms with Gasteiger partial charge in [0.1, 0.15) is 5.75 Å². The molecule has 0 saturated heterocycles. The van der Waals surface area contributed by atoms with Gasteiger partial charge in [-0.3, -0.25) is 4.79 Å². The molecule has 0 saturated carbocycles. The number of fused-ring (bicyclic) bond motifs is 1. The molecule has 6 nitrogen and oxygen atoms in total. The molecule has 154 valence electrons. The largest absolute Gasteiger partial charge is 0.497 e. The van der Waals surface area contributed by atoms with Crippen molar-refractivity contribution in [1.29, 1.82) is 0 Å². The Bertz CT molecular complexity index is 910. The van der Waals surface area contributed by atoms with E-state index in [9.17, 15) is 9.59 Å². The predicted octanol–water partition coefficient (Wildman–Crippen LogP) is 4.12. The molecule has 0 aromatic heterocycles. The fraction of sp³-hybridized carbons (Fsp3) is 0.391. The van der Waals surface area contributed by atoms with Crippen LogP contribution in [0.2, 0.25) is 0 Å². The van der Waals surface area contributed by atoms with E-state index < -0.39 is 0 Å². The van der Waals surface area contributed by atoms with E-state index >= 15 is 0 Å². The summed E-state index contributed by atoms with van der Waals surface area (Å²) in [4.78, 5) is 26.9. The van der Waals surface area contributed by atoms with Crippen molar-refractivity contribution in [2.75, 3.05) is 19.0 Å². The van der Waals surface area contributed by atoms with Crippen molar-refractivity contribution in [2.24, 2.45) is 0 Å². The van der Waals surface area contributed by atoms with Gasteiger partial charge in [0.15, 0.2) is 0 Å². The van der Waals surface area contributed by atoms with Crippen LogP contribution in [0.5, 0.6) is 5.75 Å². The Morgan fingerprint density at radius 3 is 2.66 bits per heavy atom. The Hall–Kier alpha value is -3.02. The Morgan fingerprint density at radius 2 is 1.97 bits per heavy atom. The molecule has 0 spiro atoms. The fourth-order valence-corrected chi connectivity index (χ4v) is 3.38. The highest BCUT2D eigenvalue weighted by Gasteiger charge is 2.22. The van der Waals surface area contributed by atoms with Gasteiger partial charge in [-0.25, -0.2) is 4.79 Å². The molecule has 3 amide bonds. The summed E-state index contributed by atoms with van der Waals surface area (Å²) in [6, 6.07) is 11.3. The second-order valence-electron chi connectivity index (χ2n) is 7.55. The Kier molecular flexibility index (Phi) is 6.42. The maximum atomic E-state index is 12.8. The minimum Gasteiger partial charge on any atom is -0.497 e. The summed E-state index contributed by atoms with van der Waals surface area (Å²) in [6.07, 6.45) is 1.70. The number of nitrogens with one attached hydrogen (secondary N) is 2. The van der Waals surface area contributed by atoms with Gasteiger partial charge in [-0.1, -0.05) is 13.0 Å². The van der Waals surface area contributed by atoms with E-state index in [-0.39, 0.29) is 18.0 Å². The van der Waals surface area contributed by atoms with Gasteiger partial charge >= 0.3 is 6.03 Å². The second kappa shape index (κ2) is 8.99. The topological polar surface area (TPSA) is 70.7 Å². The van der Waals surface area contributed by atoms with E-state index in [1.165, 1.54) is 5.56 Å². The van der Waals surface area contributed by atoms with E-state index in [2.05, 4.69) is 16.7 Å². The molecule has 1 atom stereocenters. The molecule has 1 unspecified atom stereocenters. The lowest BCUT2D eigenvalue weighted by Gasteiger charge is -2.29. The van der Waals surface area contributed by atoms with Crippen molar-refractivity contribution in [3.8, 4) is 5.75 Å². The van der Waals surface area contributed by atoms with Crippen LogP contribution in [0.3, 0.4) is 0 Å². The van der Waals surface area contributed by atoms with Gasteiger partial charge in [-0.15, -0.1) is 0 Å². The van der Waals surface area contributed by atoms with Gasteiger partial charge in [0.25, 0.3) is 5.91 Å². The lowest BCUT2D eigenvalue weighted by atomic mass is 10.00. The number of benzene rings is 2. The molecular formula is C23H29N3O3. The summed E-state index contributed by atoms with van der Waals surface area (Å²) in [7, 11) is 1.64. The lowest BCUT2D eigenvalue weighted by molar-refractivity contribution is 0.0939. The molecule has 2 aromatic carbocycles. The van der Waals surface area contributed by atoms with Crippen molar-refractivity contribution in [3.05, 3.63) is 58.7 Å². The van der Waals surface area contributed by atoms with Crippen LogP contribution in [0.4, 0.5) is 10.5 Å². The third kappa shape index (κ3) is 4.88. The Labute approximate surface area is 172 Å². The number of nitrogens with zero attached hydrogens (tertiary/aromatic N) is 1. The maximum absolute atomic E-state index is 12.8. The smallest absolute Gasteiger partial charge is 0.322 e. The lowest BCUT2D eigenvalue weighted by Crippen LogP contribution is -2.39. The van der Waals surface area contributed by atoms with E-state index in [0.717, 1.165) is 29.7 Å². The number of carbonyl (C=O) groups is 2. The monoisotopic (exact) mass is 395 g/mol. The highest BCUT2D eigenvalue weighted by molar-refractivity contribution is 5.96. The summed E-state index contributed by atoms with van der Waals surface area (Å²) in [5.74, 6) is 0.704. The summed E-state index contributed by atoms with van der Waals surface area (Å²) >= 11 is 0. The summed E-state index contributed by atoms with van der Waals surface area (Å²) < 4.78 is 5.30. The van der Waals surface area contributed by atoms with Crippen LogP contribution in [-0.4, -0.2) is 36.5 Å². The molecule has 0 bridgehead atoms. The van der Waals surface area contributed by atoms with Crippen molar-refractivity contribution >= 4 is 17.6 Å². The van der Waals surface area contributed by atoms with Crippen LogP contribution in [0, 0.1) is 6.92 Å². The number of aryl methyl sites for hydroxylation is 1. The minimum atomic E-state index is -0.140. The quantitative estimate of drug-likeness (QED) is 0.800. The first-order valence-electron chi connectivity index (χ1n) is 10.0. The Morgan fingerprint density at radius 1 is 1.17 bits per heavy atom. The molecule has 1 aliphatic rings. The maximum Gasteiger partial charge on any atom is 0.322 e. The first-order chi connectivity index (χ1) is 13.9. The number of hydrogen-bond acceptors (Lipinski definition) is 3. The van der Waals surface area contributed by atoms with Crippen LogP contribution in [0.25, 0.3) is 0 Å². The summed E-state index contributed by atoms with van der Waals surface area (Å²) in [5, 5.41) is 5.94. The van der Waals surface area contributed by atoms with Gasteiger partial charge in [0, 0.05) is 30.4 Å². The third-order valence-corrected chi connectivity index (χ3v) is 5.43. The molecule has 0 radical (unpaired) electrons. The van der Waals surface area contributed by atoms with E-state index in [1.54, 1.807) is 24.1 Å². The van der Waals surface area contributed by atoms with E-state index in [1.807, 2.05) is 39.0 Å². The SMILES string of the molecule is CCC(C)NC(=O)c1ccc(NC(=O)N2CCc3ccc(OC)cc3C2)c(C)c1. The minimum absolute atomic E-state index is 0.0955. The number of anilines is 1. The number of urea groups is 1. The molecule has 1 heterocycles. The number of amides is 3. The number of hydrogen-bond donors (Lipinski definition) is 2. The molecular weight excluding hydrogens is 366 g/mol. The molecule has 2 aromatic rings. The zero-order valence-electron chi connectivity index (χ0n) is 17.5.